The van der Waals surface area contributed by atoms with Crippen molar-refractivity contribution in [2.75, 3.05) is 11.9 Å². The van der Waals surface area contributed by atoms with Crippen molar-refractivity contribution in [3.8, 4) is 6.07 Å². The van der Waals surface area contributed by atoms with E-state index in [9.17, 15) is 4.39 Å². The number of nitrogens with zero attached hydrogens (tertiary/aromatic N) is 1. The Morgan fingerprint density at radius 1 is 1.60 bits per heavy atom. The molecule has 80 valence electrons. The van der Waals surface area contributed by atoms with Gasteiger partial charge in [0, 0.05) is 12.6 Å². The number of hydrogen-bond donors (Lipinski definition) is 2. The molecule has 1 aromatic rings. The highest BCUT2D eigenvalue weighted by Crippen LogP contribution is 2.17. The van der Waals surface area contributed by atoms with E-state index in [0.29, 0.717) is 12.2 Å². The Labute approximate surface area is 88.7 Å². The van der Waals surface area contributed by atoms with Crippen molar-refractivity contribution in [3.05, 3.63) is 29.6 Å². The summed E-state index contributed by atoms with van der Waals surface area (Å²) in [5, 5.41) is 11.7. The minimum Gasteiger partial charge on any atom is -0.384 e. The predicted molar refractivity (Wildman–Crippen MR) is 57.9 cm³/mol. The summed E-state index contributed by atoms with van der Waals surface area (Å²) in [6.07, 6.45) is 0.779. The molecule has 0 aliphatic carbocycles. The SMILES string of the molecule is CC(N)CCNc1cccc(F)c1C#N. The summed E-state index contributed by atoms with van der Waals surface area (Å²) in [7, 11) is 0. The summed E-state index contributed by atoms with van der Waals surface area (Å²) in [6, 6.07) is 6.46. The number of nitrogens with one attached hydrogen (secondary N) is 1. The molecule has 4 heteroatoms. The summed E-state index contributed by atoms with van der Waals surface area (Å²) in [4.78, 5) is 0. The van der Waals surface area contributed by atoms with Gasteiger partial charge in [-0.05, 0) is 25.5 Å². The van der Waals surface area contributed by atoms with Crippen LogP contribution in [0.1, 0.15) is 18.9 Å². The number of nitriles is 1. The van der Waals surface area contributed by atoms with Crippen LogP contribution in [0.2, 0.25) is 0 Å². The molecule has 3 N–H and O–H groups in total. The lowest BCUT2D eigenvalue weighted by atomic mass is 10.1. The van der Waals surface area contributed by atoms with Crippen LogP contribution in [0.4, 0.5) is 10.1 Å². The molecule has 3 nitrogen and oxygen atoms in total. The highest BCUT2D eigenvalue weighted by molar-refractivity contribution is 5.57. The molecule has 0 aliphatic heterocycles. The molecule has 15 heavy (non-hydrogen) atoms. The van der Waals surface area contributed by atoms with Crippen molar-refractivity contribution in [2.45, 2.75) is 19.4 Å². The average Bonchev–Trinajstić information content (AvgIpc) is 2.17. The first-order chi connectivity index (χ1) is 7.15. The minimum absolute atomic E-state index is 0.0576. The van der Waals surface area contributed by atoms with Crippen LogP contribution >= 0.6 is 0 Å². The van der Waals surface area contributed by atoms with Crippen molar-refractivity contribution in [2.24, 2.45) is 5.73 Å². The number of rotatable bonds is 4. The molecule has 0 aliphatic rings. The van der Waals surface area contributed by atoms with Gasteiger partial charge in [0.25, 0.3) is 0 Å². The lowest BCUT2D eigenvalue weighted by molar-refractivity contribution is 0.624. The number of hydrogen-bond acceptors (Lipinski definition) is 3. The van der Waals surface area contributed by atoms with E-state index in [0.717, 1.165) is 6.42 Å². The lowest BCUT2D eigenvalue weighted by Crippen LogP contribution is -2.19. The summed E-state index contributed by atoms with van der Waals surface area (Å²) < 4.78 is 13.1. The Balaban J connectivity index is 2.69. The number of halogens is 1. The molecule has 0 aromatic heterocycles. The highest BCUT2D eigenvalue weighted by atomic mass is 19.1. The van der Waals surface area contributed by atoms with Gasteiger partial charge in [0.15, 0.2) is 0 Å². The molecule has 0 heterocycles. The van der Waals surface area contributed by atoms with Crippen molar-refractivity contribution in [3.63, 3.8) is 0 Å². The molecule has 1 aromatic carbocycles. The zero-order valence-electron chi connectivity index (χ0n) is 8.63. The Kier molecular flexibility index (Phi) is 4.07. The summed E-state index contributed by atoms with van der Waals surface area (Å²) in [6.45, 7) is 2.54. The third-order valence-electron chi connectivity index (χ3n) is 2.04. The smallest absolute Gasteiger partial charge is 0.143 e. The van der Waals surface area contributed by atoms with Crippen molar-refractivity contribution >= 4 is 5.69 Å². The fourth-order valence-electron chi connectivity index (χ4n) is 1.22. The van der Waals surface area contributed by atoms with Crippen LogP contribution in [0, 0.1) is 17.1 Å². The van der Waals surface area contributed by atoms with E-state index in [4.69, 9.17) is 11.0 Å². The third-order valence-corrected chi connectivity index (χ3v) is 2.04. The molecule has 1 atom stereocenters. The second-order valence-corrected chi connectivity index (χ2v) is 3.47. The van der Waals surface area contributed by atoms with Crippen LogP contribution in [-0.2, 0) is 0 Å². The fourth-order valence-corrected chi connectivity index (χ4v) is 1.22. The van der Waals surface area contributed by atoms with Gasteiger partial charge >= 0.3 is 0 Å². The molecule has 0 saturated heterocycles. The maximum atomic E-state index is 13.1. The fraction of sp³-hybridized carbons (Fsp3) is 0.364. The maximum absolute atomic E-state index is 13.1. The average molecular weight is 207 g/mol. The van der Waals surface area contributed by atoms with Crippen molar-refractivity contribution < 1.29 is 4.39 Å². The maximum Gasteiger partial charge on any atom is 0.143 e. The van der Waals surface area contributed by atoms with E-state index in [2.05, 4.69) is 5.32 Å². The molecule has 0 saturated carbocycles. The van der Waals surface area contributed by atoms with Gasteiger partial charge < -0.3 is 11.1 Å². The van der Waals surface area contributed by atoms with Crippen LogP contribution in [-0.4, -0.2) is 12.6 Å². The van der Waals surface area contributed by atoms with Gasteiger partial charge in [0.2, 0.25) is 0 Å². The second kappa shape index (κ2) is 5.32. The Hall–Kier alpha value is -1.60. The molecular formula is C11H14FN3. The Morgan fingerprint density at radius 2 is 2.33 bits per heavy atom. The first-order valence-corrected chi connectivity index (χ1v) is 4.83. The van der Waals surface area contributed by atoms with Crippen LogP contribution < -0.4 is 11.1 Å². The zero-order chi connectivity index (χ0) is 11.3. The molecule has 0 bridgehead atoms. The zero-order valence-corrected chi connectivity index (χ0v) is 8.63. The monoisotopic (exact) mass is 207 g/mol. The molecule has 0 amide bonds. The Bertz CT molecular complexity index is 369. The van der Waals surface area contributed by atoms with Crippen LogP contribution in [0.3, 0.4) is 0 Å². The van der Waals surface area contributed by atoms with E-state index >= 15 is 0 Å². The first-order valence-electron chi connectivity index (χ1n) is 4.83. The third kappa shape index (κ3) is 3.22. The second-order valence-electron chi connectivity index (χ2n) is 3.47. The van der Waals surface area contributed by atoms with Crippen LogP contribution in [0.15, 0.2) is 18.2 Å². The number of nitrogens with two attached hydrogens (primary N) is 1. The van der Waals surface area contributed by atoms with Gasteiger partial charge in [-0.15, -0.1) is 0 Å². The van der Waals surface area contributed by atoms with Crippen molar-refractivity contribution in [1.82, 2.24) is 0 Å². The standard InChI is InChI=1S/C11H14FN3/c1-8(14)5-6-15-11-4-2-3-10(12)9(11)7-13/h2-4,8,15H,5-6,14H2,1H3. The van der Waals surface area contributed by atoms with E-state index in [-0.39, 0.29) is 11.6 Å². The first kappa shape index (κ1) is 11.5. The van der Waals surface area contributed by atoms with Gasteiger partial charge in [0.1, 0.15) is 17.4 Å². The van der Waals surface area contributed by atoms with Crippen LogP contribution in [0.5, 0.6) is 0 Å². The molecule has 0 spiro atoms. The van der Waals surface area contributed by atoms with Gasteiger partial charge in [-0.25, -0.2) is 4.39 Å². The predicted octanol–water partition coefficient (Wildman–Crippen LogP) is 1.85. The van der Waals surface area contributed by atoms with Gasteiger partial charge in [-0.1, -0.05) is 6.07 Å². The van der Waals surface area contributed by atoms with Crippen molar-refractivity contribution in [1.29, 1.82) is 5.26 Å². The van der Waals surface area contributed by atoms with Gasteiger partial charge in [0.05, 0.1) is 5.69 Å². The van der Waals surface area contributed by atoms with E-state index in [1.165, 1.54) is 6.07 Å². The highest BCUT2D eigenvalue weighted by Gasteiger charge is 2.06. The summed E-state index contributed by atoms with van der Waals surface area (Å²) in [5.41, 5.74) is 6.16. The molecule has 1 rings (SSSR count). The molecule has 0 radical (unpaired) electrons. The number of benzene rings is 1. The van der Waals surface area contributed by atoms with E-state index in [1.54, 1.807) is 12.1 Å². The molecule has 1 unspecified atom stereocenters. The largest absolute Gasteiger partial charge is 0.384 e. The lowest BCUT2D eigenvalue weighted by Gasteiger charge is -2.09. The van der Waals surface area contributed by atoms with E-state index in [1.807, 2.05) is 13.0 Å². The minimum atomic E-state index is -0.497. The Morgan fingerprint density at radius 3 is 2.93 bits per heavy atom. The number of anilines is 1. The van der Waals surface area contributed by atoms with E-state index < -0.39 is 5.82 Å². The normalized spacial score (nSPS) is 11.9. The molecule has 0 fully saturated rings. The van der Waals surface area contributed by atoms with Gasteiger partial charge in [-0.3, -0.25) is 0 Å². The quantitative estimate of drug-likeness (QED) is 0.792. The summed E-state index contributed by atoms with van der Waals surface area (Å²) >= 11 is 0. The summed E-state index contributed by atoms with van der Waals surface area (Å²) in [5.74, 6) is -0.497. The van der Waals surface area contributed by atoms with Gasteiger partial charge in [-0.2, -0.15) is 5.26 Å². The molecular weight excluding hydrogens is 193 g/mol. The van der Waals surface area contributed by atoms with Crippen LogP contribution in [0.25, 0.3) is 0 Å². The topological polar surface area (TPSA) is 61.8 Å².